The molecule has 0 spiro atoms. The molecule has 0 aliphatic carbocycles. The largest absolute Gasteiger partial charge is 0.342 e. The van der Waals surface area contributed by atoms with Gasteiger partial charge in [0, 0.05) is 11.6 Å². The molecule has 7 heteroatoms. The average molecular weight is 226 g/mol. The monoisotopic (exact) mass is 225 g/mol. The summed E-state index contributed by atoms with van der Waals surface area (Å²) in [4.78, 5) is 13.8. The Morgan fingerprint density at radius 2 is 2.27 bits per heavy atom. The highest BCUT2D eigenvalue weighted by Crippen LogP contribution is 2.28. The minimum absolute atomic E-state index is 0.0762. The van der Waals surface area contributed by atoms with Gasteiger partial charge in [0.25, 0.3) is 5.69 Å². The van der Waals surface area contributed by atoms with Crippen molar-refractivity contribution in [3.05, 3.63) is 39.7 Å². The normalized spacial score (nSPS) is 10.2. The molecule has 15 heavy (non-hydrogen) atoms. The minimum Gasteiger partial charge on any atom is -0.342 e. The summed E-state index contributed by atoms with van der Waals surface area (Å²) < 4.78 is 4.54. The van der Waals surface area contributed by atoms with Gasteiger partial charge in [-0.25, -0.2) is 0 Å². The Balaban J connectivity index is 2.52. The van der Waals surface area contributed by atoms with Crippen LogP contribution in [0, 0.1) is 10.1 Å². The van der Waals surface area contributed by atoms with Gasteiger partial charge in [0.2, 0.25) is 12.2 Å². The third-order valence-electron chi connectivity index (χ3n) is 1.76. The SMILES string of the molecule is O=[N+]([O-])c1cc(-c2ncon2)ccc1Cl. The summed E-state index contributed by atoms with van der Waals surface area (Å²) >= 11 is 5.65. The van der Waals surface area contributed by atoms with Crippen molar-refractivity contribution in [2.75, 3.05) is 0 Å². The first-order chi connectivity index (χ1) is 7.18. The van der Waals surface area contributed by atoms with Crippen LogP contribution in [0.25, 0.3) is 11.4 Å². The molecule has 0 N–H and O–H groups in total. The third kappa shape index (κ3) is 1.79. The summed E-state index contributed by atoms with van der Waals surface area (Å²) in [5.41, 5.74) is 0.304. The fourth-order valence-corrected chi connectivity index (χ4v) is 1.28. The lowest BCUT2D eigenvalue weighted by Gasteiger charge is -1.97. The maximum atomic E-state index is 10.6. The summed E-state index contributed by atoms with van der Waals surface area (Å²) in [7, 11) is 0. The van der Waals surface area contributed by atoms with Crippen molar-refractivity contribution in [3.63, 3.8) is 0 Å². The van der Waals surface area contributed by atoms with E-state index in [1.54, 1.807) is 6.07 Å². The molecule has 2 aromatic rings. The average Bonchev–Trinajstić information content (AvgIpc) is 2.71. The summed E-state index contributed by atoms with van der Waals surface area (Å²) in [5.74, 6) is 0.287. The summed E-state index contributed by atoms with van der Waals surface area (Å²) in [5, 5.41) is 14.2. The van der Waals surface area contributed by atoms with Gasteiger partial charge < -0.3 is 4.52 Å². The third-order valence-corrected chi connectivity index (χ3v) is 2.08. The number of rotatable bonds is 2. The van der Waals surface area contributed by atoms with Crippen LogP contribution in [0.3, 0.4) is 0 Å². The van der Waals surface area contributed by atoms with Crippen LogP contribution < -0.4 is 0 Å². The number of hydrogen-bond donors (Lipinski definition) is 0. The number of hydrogen-bond acceptors (Lipinski definition) is 5. The molecule has 76 valence electrons. The first-order valence-electron chi connectivity index (χ1n) is 3.89. The highest BCUT2D eigenvalue weighted by molar-refractivity contribution is 6.32. The molecule has 0 fully saturated rings. The highest BCUT2D eigenvalue weighted by Gasteiger charge is 2.14. The van der Waals surface area contributed by atoms with E-state index in [4.69, 9.17) is 11.6 Å². The molecule has 6 nitrogen and oxygen atoms in total. The molecule has 0 saturated carbocycles. The zero-order chi connectivity index (χ0) is 10.8. The molecule has 0 aliphatic heterocycles. The van der Waals surface area contributed by atoms with Crippen LogP contribution in [0.5, 0.6) is 0 Å². The van der Waals surface area contributed by atoms with Crippen LogP contribution in [0.2, 0.25) is 5.02 Å². The molecule has 0 atom stereocenters. The van der Waals surface area contributed by atoms with Crippen molar-refractivity contribution >= 4 is 17.3 Å². The van der Waals surface area contributed by atoms with Crippen LogP contribution in [-0.2, 0) is 0 Å². The number of nitrogens with zero attached hydrogens (tertiary/aromatic N) is 3. The van der Waals surface area contributed by atoms with Gasteiger partial charge in [-0.05, 0) is 12.1 Å². The second-order valence-corrected chi connectivity index (χ2v) is 3.09. The number of nitro groups is 1. The van der Waals surface area contributed by atoms with Gasteiger partial charge in [-0.15, -0.1) is 0 Å². The molecule has 0 radical (unpaired) electrons. The molecule has 0 bridgehead atoms. The fraction of sp³-hybridized carbons (Fsp3) is 0. The molecule has 2 rings (SSSR count). The van der Waals surface area contributed by atoms with Crippen LogP contribution in [0.1, 0.15) is 0 Å². The van der Waals surface area contributed by atoms with Gasteiger partial charge in [0.15, 0.2) is 0 Å². The molecular formula is C8H4ClN3O3. The van der Waals surface area contributed by atoms with E-state index in [0.29, 0.717) is 5.56 Å². The molecule has 1 aromatic heterocycles. The van der Waals surface area contributed by atoms with Gasteiger partial charge in [0.05, 0.1) is 4.92 Å². The maximum Gasteiger partial charge on any atom is 0.288 e. The van der Waals surface area contributed by atoms with Gasteiger partial charge in [-0.1, -0.05) is 16.8 Å². The van der Waals surface area contributed by atoms with E-state index in [1.165, 1.54) is 12.1 Å². The lowest BCUT2D eigenvalue weighted by Crippen LogP contribution is -1.90. The quantitative estimate of drug-likeness (QED) is 0.578. The number of aromatic nitrogens is 2. The minimum atomic E-state index is -0.564. The molecule has 0 amide bonds. The second kappa shape index (κ2) is 3.66. The molecule has 1 aromatic carbocycles. The molecular weight excluding hydrogens is 222 g/mol. The summed E-state index contributed by atoms with van der Waals surface area (Å²) in [6.07, 6.45) is 1.15. The van der Waals surface area contributed by atoms with Gasteiger partial charge in [-0.3, -0.25) is 10.1 Å². The molecule has 0 unspecified atom stereocenters. The lowest BCUT2D eigenvalue weighted by atomic mass is 10.2. The predicted molar refractivity (Wildman–Crippen MR) is 51.4 cm³/mol. The van der Waals surface area contributed by atoms with Crippen molar-refractivity contribution in [1.29, 1.82) is 0 Å². The van der Waals surface area contributed by atoms with Crippen LogP contribution in [-0.4, -0.2) is 15.1 Å². The van der Waals surface area contributed by atoms with E-state index < -0.39 is 4.92 Å². The Hall–Kier alpha value is -1.95. The van der Waals surface area contributed by atoms with E-state index in [2.05, 4.69) is 14.7 Å². The van der Waals surface area contributed by atoms with Crippen LogP contribution >= 0.6 is 11.6 Å². The number of benzene rings is 1. The van der Waals surface area contributed by atoms with Crippen LogP contribution in [0.15, 0.2) is 29.1 Å². The van der Waals surface area contributed by atoms with E-state index in [1.807, 2.05) is 0 Å². The Bertz CT molecular complexity index is 498. The topological polar surface area (TPSA) is 82.1 Å². The molecule has 0 aliphatic rings. The number of halogens is 1. The lowest BCUT2D eigenvalue weighted by molar-refractivity contribution is -0.384. The molecule has 0 saturated heterocycles. The maximum absolute atomic E-state index is 10.6. The van der Waals surface area contributed by atoms with Crippen molar-refractivity contribution in [2.24, 2.45) is 0 Å². The van der Waals surface area contributed by atoms with Crippen molar-refractivity contribution in [3.8, 4) is 11.4 Å². The van der Waals surface area contributed by atoms with E-state index in [0.717, 1.165) is 6.39 Å². The summed E-state index contributed by atoms with van der Waals surface area (Å²) in [6, 6.07) is 4.30. The Morgan fingerprint density at radius 3 is 2.87 bits per heavy atom. The second-order valence-electron chi connectivity index (χ2n) is 2.68. The zero-order valence-electron chi connectivity index (χ0n) is 7.25. The standard InChI is InChI=1S/C8H4ClN3O3/c9-6-2-1-5(3-7(6)12(13)14)8-10-4-15-11-8/h1-4H. The Labute approximate surface area is 88.6 Å². The Kier molecular flexibility index (Phi) is 2.34. The van der Waals surface area contributed by atoms with Gasteiger partial charge in [-0.2, -0.15) is 4.98 Å². The van der Waals surface area contributed by atoms with E-state index >= 15 is 0 Å². The Morgan fingerprint density at radius 1 is 1.47 bits per heavy atom. The zero-order valence-corrected chi connectivity index (χ0v) is 8.01. The molecule has 1 heterocycles. The van der Waals surface area contributed by atoms with Crippen molar-refractivity contribution < 1.29 is 9.45 Å². The van der Waals surface area contributed by atoms with Crippen molar-refractivity contribution in [2.45, 2.75) is 0 Å². The predicted octanol–water partition coefficient (Wildman–Crippen LogP) is 2.30. The van der Waals surface area contributed by atoms with Crippen LogP contribution in [0.4, 0.5) is 5.69 Å². The fourth-order valence-electron chi connectivity index (χ4n) is 1.09. The van der Waals surface area contributed by atoms with E-state index in [9.17, 15) is 10.1 Å². The highest BCUT2D eigenvalue weighted by atomic mass is 35.5. The summed E-state index contributed by atoms with van der Waals surface area (Å²) in [6.45, 7) is 0. The van der Waals surface area contributed by atoms with Gasteiger partial charge >= 0.3 is 0 Å². The van der Waals surface area contributed by atoms with E-state index in [-0.39, 0.29) is 16.5 Å². The van der Waals surface area contributed by atoms with Gasteiger partial charge in [0.1, 0.15) is 5.02 Å². The number of nitro benzene ring substituents is 1. The first kappa shape index (κ1) is 9.60. The smallest absolute Gasteiger partial charge is 0.288 e. The first-order valence-corrected chi connectivity index (χ1v) is 4.27. The van der Waals surface area contributed by atoms with Crippen molar-refractivity contribution in [1.82, 2.24) is 10.1 Å².